The van der Waals surface area contributed by atoms with Crippen molar-refractivity contribution < 1.29 is 8.42 Å². The molecule has 2 aromatic rings. The molecule has 0 spiro atoms. The van der Waals surface area contributed by atoms with Crippen LogP contribution in [0, 0.1) is 0 Å². The van der Waals surface area contributed by atoms with Crippen LogP contribution in [-0.4, -0.2) is 8.42 Å². The lowest BCUT2D eigenvalue weighted by atomic mass is 9.88. The Kier molecular flexibility index (Phi) is 4.83. The van der Waals surface area contributed by atoms with Gasteiger partial charge in [-0.15, -0.1) is 0 Å². The summed E-state index contributed by atoms with van der Waals surface area (Å²) in [6, 6.07) is 15.2. The Balaban J connectivity index is 1.82. The molecule has 0 aromatic heterocycles. The van der Waals surface area contributed by atoms with Crippen LogP contribution in [0.4, 0.5) is 0 Å². The van der Waals surface area contributed by atoms with Crippen molar-refractivity contribution in [2.75, 3.05) is 0 Å². The van der Waals surface area contributed by atoms with E-state index in [0.717, 1.165) is 37.7 Å². The minimum Gasteiger partial charge on any atom is -0.207 e. The van der Waals surface area contributed by atoms with Crippen LogP contribution in [0.3, 0.4) is 0 Å². The molecular weight excluding hydrogens is 306 g/mol. The zero-order valence-electron chi connectivity index (χ0n) is 13.5. The normalized spacial score (nSPS) is 17.7. The van der Waals surface area contributed by atoms with E-state index in [-0.39, 0.29) is 6.04 Å². The maximum atomic E-state index is 12.7. The molecular formula is C19H23NO2S. The number of nitrogens with one attached hydrogen (secondary N) is 1. The van der Waals surface area contributed by atoms with Gasteiger partial charge in [0.1, 0.15) is 0 Å². The molecule has 4 heteroatoms. The Morgan fingerprint density at radius 3 is 2.57 bits per heavy atom. The summed E-state index contributed by atoms with van der Waals surface area (Å²) in [4.78, 5) is 0.348. The van der Waals surface area contributed by atoms with Gasteiger partial charge < -0.3 is 0 Å². The van der Waals surface area contributed by atoms with E-state index in [1.807, 2.05) is 30.3 Å². The van der Waals surface area contributed by atoms with Crippen LogP contribution in [0.5, 0.6) is 0 Å². The van der Waals surface area contributed by atoms with Gasteiger partial charge in [0.15, 0.2) is 0 Å². The summed E-state index contributed by atoms with van der Waals surface area (Å²) < 4.78 is 28.2. The van der Waals surface area contributed by atoms with Crippen molar-refractivity contribution in [2.24, 2.45) is 0 Å². The number of aryl methyl sites for hydroxylation is 2. The first-order valence-corrected chi connectivity index (χ1v) is 9.77. The molecule has 122 valence electrons. The van der Waals surface area contributed by atoms with Crippen molar-refractivity contribution in [1.29, 1.82) is 0 Å². The lowest BCUT2D eigenvalue weighted by molar-refractivity contribution is 0.507. The summed E-state index contributed by atoms with van der Waals surface area (Å²) in [5.74, 6) is 0. The molecule has 0 amide bonds. The molecule has 23 heavy (non-hydrogen) atoms. The second-order valence-corrected chi connectivity index (χ2v) is 7.87. The Bertz CT molecular complexity index is 766. The first-order chi connectivity index (χ1) is 11.1. The fourth-order valence-corrected chi connectivity index (χ4v) is 4.51. The van der Waals surface area contributed by atoms with Gasteiger partial charge in [-0.05, 0) is 54.5 Å². The topological polar surface area (TPSA) is 46.2 Å². The average Bonchev–Trinajstić information content (AvgIpc) is 2.56. The first kappa shape index (κ1) is 16.2. The summed E-state index contributed by atoms with van der Waals surface area (Å²) in [6.45, 7) is 2.12. The third kappa shape index (κ3) is 3.65. The Labute approximate surface area is 138 Å². The highest BCUT2D eigenvalue weighted by molar-refractivity contribution is 7.89. The third-order valence-electron chi connectivity index (χ3n) is 4.44. The van der Waals surface area contributed by atoms with E-state index < -0.39 is 10.0 Å². The number of rotatable bonds is 5. The highest BCUT2D eigenvalue weighted by Crippen LogP contribution is 2.30. The molecule has 0 bridgehead atoms. The van der Waals surface area contributed by atoms with E-state index in [4.69, 9.17) is 0 Å². The van der Waals surface area contributed by atoms with Crippen molar-refractivity contribution in [1.82, 2.24) is 4.72 Å². The molecule has 3 nitrogen and oxygen atoms in total. The lowest BCUT2D eigenvalue weighted by Gasteiger charge is -2.26. The molecule has 0 aliphatic heterocycles. The van der Waals surface area contributed by atoms with Crippen molar-refractivity contribution >= 4 is 10.0 Å². The third-order valence-corrected chi connectivity index (χ3v) is 5.93. The van der Waals surface area contributed by atoms with Gasteiger partial charge in [0.05, 0.1) is 4.90 Å². The van der Waals surface area contributed by atoms with E-state index in [9.17, 15) is 8.42 Å². The lowest BCUT2D eigenvalue weighted by Crippen LogP contribution is -2.31. The van der Waals surface area contributed by atoms with Gasteiger partial charge in [0.25, 0.3) is 0 Å². The van der Waals surface area contributed by atoms with Crippen LogP contribution >= 0.6 is 0 Å². The van der Waals surface area contributed by atoms with Gasteiger partial charge in [0.2, 0.25) is 10.0 Å². The van der Waals surface area contributed by atoms with Crippen molar-refractivity contribution in [2.45, 2.75) is 50.0 Å². The maximum Gasteiger partial charge on any atom is 0.241 e. The predicted octanol–water partition coefficient (Wildman–Crippen LogP) is 4.00. The number of hydrogen-bond donors (Lipinski definition) is 1. The fraction of sp³-hybridized carbons (Fsp3) is 0.368. The van der Waals surface area contributed by atoms with Gasteiger partial charge in [-0.25, -0.2) is 13.1 Å². The van der Waals surface area contributed by atoms with Crippen molar-refractivity contribution in [3.63, 3.8) is 0 Å². The number of hydrogen-bond acceptors (Lipinski definition) is 2. The van der Waals surface area contributed by atoms with Gasteiger partial charge in [-0.3, -0.25) is 0 Å². The molecule has 0 saturated carbocycles. The highest BCUT2D eigenvalue weighted by atomic mass is 32.2. The number of benzene rings is 2. The minimum atomic E-state index is -3.48. The molecule has 0 radical (unpaired) electrons. The van der Waals surface area contributed by atoms with Crippen LogP contribution in [0.25, 0.3) is 0 Å². The van der Waals surface area contributed by atoms with Gasteiger partial charge >= 0.3 is 0 Å². The highest BCUT2D eigenvalue weighted by Gasteiger charge is 2.25. The van der Waals surface area contributed by atoms with E-state index in [1.54, 1.807) is 12.1 Å². The maximum absolute atomic E-state index is 12.7. The number of fused-ring (bicyclic) bond motifs is 1. The monoisotopic (exact) mass is 329 g/mol. The van der Waals surface area contributed by atoms with Crippen LogP contribution in [0.1, 0.15) is 48.9 Å². The zero-order valence-corrected chi connectivity index (χ0v) is 14.3. The zero-order chi connectivity index (χ0) is 16.3. The molecule has 3 rings (SSSR count). The second-order valence-electron chi connectivity index (χ2n) is 6.16. The quantitative estimate of drug-likeness (QED) is 0.901. The van der Waals surface area contributed by atoms with Gasteiger partial charge in [0, 0.05) is 6.04 Å². The molecule has 0 fully saturated rings. The summed E-state index contributed by atoms with van der Waals surface area (Å²) >= 11 is 0. The van der Waals surface area contributed by atoms with Crippen LogP contribution < -0.4 is 4.72 Å². The van der Waals surface area contributed by atoms with E-state index >= 15 is 0 Å². The SMILES string of the molecule is CCCc1ccc(S(=O)(=O)N[C@H]2CCCc3ccccc32)cc1. The first-order valence-electron chi connectivity index (χ1n) is 8.29. The molecule has 0 saturated heterocycles. The smallest absolute Gasteiger partial charge is 0.207 e. The summed E-state index contributed by atoms with van der Waals surface area (Å²) in [5.41, 5.74) is 3.55. The minimum absolute atomic E-state index is 0.125. The summed E-state index contributed by atoms with van der Waals surface area (Å²) in [6.07, 6.45) is 4.93. The average molecular weight is 329 g/mol. The molecule has 2 aromatic carbocycles. The molecule has 1 aliphatic carbocycles. The van der Waals surface area contributed by atoms with Gasteiger partial charge in [-0.1, -0.05) is 49.7 Å². The molecule has 1 N–H and O–H groups in total. The molecule has 0 heterocycles. The Morgan fingerprint density at radius 1 is 1.09 bits per heavy atom. The van der Waals surface area contributed by atoms with Crippen molar-refractivity contribution in [3.05, 3.63) is 65.2 Å². The Morgan fingerprint density at radius 2 is 1.83 bits per heavy atom. The largest absolute Gasteiger partial charge is 0.241 e. The van der Waals surface area contributed by atoms with Crippen LogP contribution in [-0.2, 0) is 22.9 Å². The van der Waals surface area contributed by atoms with Crippen LogP contribution in [0.15, 0.2) is 53.4 Å². The molecule has 0 unspecified atom stereocenters. The van der Waals surface area contributed by atoms with E-state index in [1.165, 1.54) is 11.1 Å². The number of sulfonamides is 1. The Hall–Kier alpha value is -1.65. The summed E-state index contributed by atoms with van der Waals surface area (Å²) in [7, 11) is -3.48. The van der Waals surface area contributed by atoms with E-state index in [2.05, 4.69) is 17.7 Å². The molecule has 1 aliphatic rings. The second kappa shape index (κ2) is 6.85. The van der Waals surface area contributed by atoms with E-state index in [0.29, 0.717) is 4.90 Å². The molecule has 1 atom stereocenters. The standard InChI is InChI=1S/C19H23NO2S/c1-2-6-15-11-13-17(14-12-15)23(21,22)20-19-10-5-8-16-7-3-4-9-18(16)19/h3-4,7,9,11-14,19-20H,2,5-6,8,10H2,1H3/t19-/m0/s1. The predicted molar refractivity (Wildman–Crippen MR) is 92.9 cm³/mol. The fourth-order valence-electron chi connectivity index (χ4n) is 3.26. The van der Waals surface area contributed by atoms with Crippen LogP contribution in [0.2, 0.25) is 0 Å². The van der Waals surface area contributed by atoms with Crippen molar-refractivity contribution in [3.8, 4) is 0 Å². The van der Waals surface area contributed by atoms with Gasteiger partial charge in [-0.2, -0.15) is 0 Å². The summed E-state index contributed by atoms with van der Waals surface area (Å²) in [5, 5.41) is 0.